The Balaban J connectivity index is 2.20. The van der Waals surface area contributed by atoms with Gasteiger partial charge in [-0.15, -0.1) is 6.58 Å². The number of carbonyl (C=O) groups excluding carboxylic acids is 1. The van der Waals surface area contributed by atoms with Crippen LogP contribution in [-0.2, 0) is 14.0 Å². The Morgan fingerprint density at radius 1 is 1.04 bits per heavy atom. The highest BCUT2D eigenvalue weighted by atomic mass is 28.4. The van der Waals surface area contributed by atoms with Crippen LogP contribution < -0.4 is 10.4 Å². The standard InChI is InChI=1S/C23H28O3Si/c1-5-18-16-17-25-22(24)21(18)26-27(23(2,3)4,19-12-8-6-9-13-19)20-14-10-7-11-15-20/h5-15,18,21H,1,16-17H2,2-4H3/t18-,21?/m0/s1. The first-order chi connectivity index (χ1) is 12.9. The third kappa shape index (κ3) is 3.64. The monoisotopic (exact) mass is 380 g/mol. The highest BCUT2D eigenvalue weighted by Crippen LogP contribution is 2.39. The van der Waals surface area contributed by atoms with Crippen LogP contribution >= 0.6 is 0 Å². The van der Waals surface area contributed by atoms with Crippen LogP contribution in [0.1, 0.15) is 27.2 Å². The SMILES string of the molecule is C=C[C@H]1CCOC(=O)C1O[Si](c1ccccc1)(c1ccccc1)C(C)(C)C. The van der Waals surface area contributed by atoms with Gasteiger partial charge in [0, 0.05) is 5.92 Å². The van der Waals surface area contributed by atoms with Crippen molar-refractivity contribution in [1.82, 2.24) is 0 Å². The van der Waals surface area contributed by atoms with E-state index in [0.717, 1.165) is 16.8 Å². The van der Waals surface area contributed by atoms with Crippen LogP contribution in [0, 0.1) is 5.92 Å². The number of carbonyl (C=O) groups is 1. The van der Waals surface area contributed by atoms with E-state index >= 15 is 0 Å². The first-order valence-electron chi connectivity index (χ1n) is 9.48. The molecule has 0 aliphatic carbocycles. The molecular weight excluding hydrogens is 352 g/mol. The molecule has 3 nitrogen and oxygen atoms in total. The molecule has 142 valence electrons. The van der Waals surface area contributed by atoms with E-state index in [2.05, 4.69) is 51.6 Å². The Kier molecular flexibility index (Phi) is 5.68. The Morgan fingerprint density at radius 3 is 2.00 bits per heavy atom. The van der Waals surface area contributed by atoms with Crippen LogP contribution in [0.2, 0.25) is 5.04 Å². The van der Waals surface area contributed by atoms with Crippen LogP contribution in [0.15, 0.2) is 73.3 Å². The minimum Gasteiger partial charge on any atom is -0.464 e. The molecule has 1 unspecified atom stereocenters. The molecule has 1 fully saturated rings. The molecule has 27 heavy (non-hydrogen) atoms. The van der Waals surface area contributed by atoms with Crippen molar-refractivity contribution in [3.05, 3.63) is 73.3 Å². The average molecular weight is 381 g/mol. The molecule has 1 saturated heterocycles. The first-order valence-corrected chi connectivity index (χ1v) is 11.4. The van der Waals surface area contributed by atoms with Crippen LogP contribution in [0.4, 0.5) is 0 Å². The van der Waals surface area contributed by atoms with Crippen molar-refractivity contribution in [3.8, 4) is 0 Å². The predicted octanol–water partition coefficient (Wildman–Crippen LogP) is 3.68. The van der Waals surface area contributed by atoms with Gasteiger partial charge in [-0.25, -0.2) is 4.79 Å². The van der Waals surface area contributed by atoms with Gasteiger partial charge >= 0.3 is 5.97 Å². The number of ether oxygens (including phenoxy) is 1. The van der Waals surface area contributed by atoms with Crippen LogP contribution in [0.3, 0.4) is 0 Å². The minimum atomic E-state index is -2.79. The number of rotatable bonds is 5. The molecule has 0 aromatic heterocycles. The van der Waals surface area contributed by atoms with Crippen LogP contribution in [0.5, 0.6) is 0 Å². The molecule has 0 amide bonds. The van der Waals surface area contributed by atoms with E-state index in [1.54, 1.807) is 0 Å². The minimum absolute atomic E-state index is 0.0344. The fourth-order valence-electron chi connectivity index (χ4n) is 3.96. The normalized spacial score (nSPS) is 20.8. The third-order valence-electron chi connectivity index (χ3n) is 5.34. The molecule has 2 aromatic carbocycles. The molecule has 3 rings (SSSR count). The summed E-state index contributed by atoms with van der Waals surface area (Å²) in [6.07, 6.45) is 1.96. The fraction of sp³-hybridized carbons (Fsp3) is 0.348. The Labute approximate surface area is 163 Å². The summed E-state index contributed by atoms with van der Waals surface area (Å²) < 4.78 is 12.3. The zero-order valence-electron chi connectivity index (χ0n) is 16.4. The highest BCUT2D eigenvalue weighted by Gasteiger charge is 2.53. The summed E-state index contributed by atoms with van der Waals surface area (Å²) in [5.74, 6) is -0.313. The lowest BCUT2D eigenvalue weighted by atomic mass is 9.97. The van der Waals surface area contributed by atoms with Gasteiger partial charge in [0.2, 0.25) is 0 Å². The molecule has 0 saturated carbocycles. The van der Waals surface area contributed by atoms with Crippen molar-refractivity contribution in [2.75, 3.05) is 6.61 Å². The lowest BCUT2D eigenvalue weighted by Crippen LogP contribution is -2.69. The number of esters is 1. The van der Waals surface area contributed by atoms with Gasteiger partial charge in [0.15, 0.2) is 6.10 Å². The number of benzene rings is 2. The Bertz CT molecular complexity index is 741. The molecule has 0 radical (unpaired) electrons. The van der Waals surface area contributed by atoms with Crippen LogP contribution in [0.25, 0.3) is 0 Å². The summed E-state index contributed by atoms with van der Waals surface area (Å²) in [6.45, 7) is 11.0. The maximum absolute atomic E-state index is 12.7. The smallest absolute Gasteiger partial charge is 0.334 e. The second-order valence-electron chi connectivity index (χ2n) is 8.06. The third-order valence-corrected chi connectivity index (χ3v) is 10.4. The molecule has 0 spiro atoms. The van der Waals surface area contributed by atoms with E-state index in [0.29, 0.717) is 6.61 Å². The van der Waals surface area contributed by atoms with E-state index in [4.69, 9.17) is 9.16 Å². The van der Waals surface area contributed by atoms with Crippen LogP contribution in [-0.4, -0.2) is 27.0 Å². The van der Waals surface area contributed by atoms with E-state index in [-0.39, 0.29) is 16.9 Å². The lowest BCUT2D eigenvalue weighted by molar-refractivity contribution is -0.160. The highest BCUT2D eigenvalue weighted by molar-refractivity contribution is 6.99. The summed E-state index contributed by atoms with van der Waals surface area (Å²) in [4.78, 5) is 12.7. The van der Waals surface area contributed by atoms with Gasteiger partial charge in [-0.1, -0.05) is 87.5 Å². The number of cyclic esters (lactones) is 1. The molecular formula is C23H28O3Si. The summed E-state index contributed by atoms with van der Waals surface area (Å²) in [7, 11) is -2.79. The molecule has 1 aliphatic heterocycles. The van der Waals surface area contributed by atoms with E-state index in [9.17, 15) is 4.79 Å². The maximum Gasteiger partial charge on any atom is 0.334 e. The van der Waals surface area contributed by atoms with Crippen molar-refractivity contribution in [2.45, 2.75) is 38.3 Å². The summed E-state index contributed by atoms with van der Waals surface area (Å²) in [5, 5.41) is 2.13. The summed E-state index contributed by atoms with van der Waals surface area (Å²) in [6, 6.07) is 20.7. The fourth-order valence-corrected chi connectivity index (χ4v) is 8.63. The predicted molar refractivity (Wildman–Crippen MR) is 112 cm³/mol. The molecule has 2 atom stereocenters. The second kappa shape index (κ2) is 7.83. The van der Waals surface area contributed by atoms with E-state index in [1.807, 2.05) is 42.5 Å². The molecule has 2 aromatic rings. The van der Waals surface area contributed by atoms with Crippen molar-refractivity contribution in [2.24, 2.45) is 5.92 Å². The van der Waals surface area contributed by atoms with Crippen molar-refractivity contribution in [3.63, 3.8) is 0 Å². The lowest BCUT2D eigenvalue weighted by Gasteiger charge is -2.46. The van der Waals surface area contributed by atoms with Crippen molar-refractivity contribution >= 4 is 24.7 Å². The van der Waals surface area contributed by atoms with Crippen molar-refractivity contribution < 1.29 is 14.0 Å². The van der Waals surface area contributed by atoms with Crippen molar-refractivity contribution in [1.29, 1.82) is 0 Å². The largest absolute Gasteiger partial charge is 0.464 e. The quantitative estimate of drug-likeness (QED) is 0.451. The van der Waals surface area contributed by atoms with Gasteiger partial charge in [-0.2, -0.15) is 0 Å². The molecule has 1 aliphatic rings. The van der Waals surface area contributed by atoms with Gasteiger partial charge in [0.25, 0.3) is 8.32 Å². The number of hydrogen-bond donors (Lipinski definition) is 0. The van der Waals surface area contributed by atoms with Gasteiger partial charge in [-0.3, -0.25) is 0 Å². The van der Waals surface area contributed by atoms with E-state index < -0.39 is 14.4 Å². The van der Waals surface area contributed by atoms with Gasteiger partial charge in [0.05, 0.1) is 6.61 Å². The summed E-state index contributed by atoms with van der Waals surface area (Å²) in [5.41, 5.74) is 0. The second-order valence-corrected chi connectivity index (χ2v) is 12.3. The Morgan fingerprint density at radius 2 is 1.56 bits per heavy atom. The van der Waals surface area contributed by atoms with Gasteiger partial charge in [-0.05, 0) is 21.8 Å². The molecule has 0 bridgehead atoms. The van der Waals surface area contributed by atoms with E-state index in [1.165, 1.54) is 0 Å². The maximum atomic E-state index is 12.7. The van der Waals surface area contributed by atoms with Gasteiger partial charge < -0.3 is 9.16 Å². The Hall–Kier alpha value is -2.17. The topological polar surface area (TPSA) is 35.5 Å². The zero-order valence-corrected chi connectivity index (χ0v) is 17.4. The molecule has 1 heterocycles. The molecule has 0 N–H and O–H groups in total. The zero-order chi connectivity index (χ0) is 19.5. The molecule has 4 heteroatoms. The number of hydrogen-bond acceptors (Lipinski definition) is 3. The van der Waals surface area contributed by atoms with Gasteiger partial charge in [0.1, 0.15) is 0 Å². The summed E-state index contributed by atoms with van der Waals surface area (Å²) >= 11 is 0. The average Bonchev–Trinajstić information content (AvgIpc) is 2.67. The first kappa shape index (κ1) is 19.6.